The van der Waals surface area contributed by atoms with E-state index >= 15 is 0 Å². The van der Waals surface area contributed by atoms with Gasteiger partial charge in [0.1, 0.15) is 5.75 Å². The molecule has 2 unspecified atom stereocenters. The summed E-state index contributed by atoms with van der Waals surface area (Å²) in [6, 6.07) is 6.15. The summed E-state index contributed by atoms with van der Waals surface area (Å²) in [5, 5.41) is 0. The standard InChI is InChI=1S/C13H19NO2/c1-9-3-4-12(15-2)11(7-9)13(14)10-5-6-16-8-10/h3-4,7,10,13H,5-6,8,14H2,1-2H3. The van der Waals surface area contributed by atoms with E-state index in [-0.39, 0.29) is 6.04 Å². The van der Waals surface area contributed by atoms with Crippen molar-refractivity contribution in [3.05, 3.63) is 29.3 Å². The molecule has 0 spiro atoms. The van der Waals surface area contributed by atoms with Crippen molar-refractivity contribution < 1.29 is 9.47 Å². The maximum absolute atomic E-state index is 6.29. The second-order valence-electron chi connectivity index (χ2n) is 4.39. The predicted molar refractivity (Wildman–Crippen MR) is 63.6 cm³/mol. The molecule has 1 fully saturated rings. The van der Waals surface area contributed by atoms with Gasteiger partial charge < -0.3 is 15.2 Å². The lowest BCUT2D eigenvalue weighted by Gasteiger charge is -2.20. The van der Waals surface area contributed by atoms with Gasteiger partial charge in [-0.05, 0) is 19.4 Å². The Labute approximate surface area is 96.5 Å². The number of rotatable bonds is 3. The van der Waals surface area contributed by atoms with Crippen LogP contribution in [0.2, 0.25) is 0 Å². The lowest BCUT2D eigenvalue weighted by Crippen LogP contribution is -2.22. The Morgan fingerprint density at radius 2 is 2.31 bits per heavy atom. The van der Waals surface area contributed by atoms with E-state index in [0.717, 1.165) is 30.9 Å². The molecule has 16 heavy (non-hydrogen) atoms. The Hall–Kier alpha value is -1.06. The van der Waals surface area contributed by atoms with Crippen LogP contribution < -0.4 is 10.5 Å². The smallest absolute Gasteiger partial charge is 0.123 e. The second-order valence-corrected chi connectivity index (χ2v) is 4.39. The number of ether oxygens (including phenoxy) is 2. The molecule has 0 radical (unpaired) electrons. The molecule has 0 bridgehead atoms. The molecule has 2 atom stereocenters. The first-order valence-electron chi connectivity index (χ1n) is 5.70. The van der Waals surface area contributed by atoms with Gasteiger partial charge in [0.15, 0.2) is 0 Å². The molecule has 1 saturated heterocycles. The average molecular weight is 221 g/mol. The van der Waals surface area contributed by atoms with Gasteiger partial charge in [0, 0.05) is 24.1 Å². The van der Waals surface area contributed by atoms with Crippen LogP contribution in [0.1, 0.15) is 23.6 Å². The maximum atomic E-state index is 6.29. The van der Waals surface area contributed by atoms with Crippen molar-refractivity contribution in [1.29, 1.82) is 0 Å². The van der Waals surface area contributed by atoms with E-state index in [1.54, 1.807) is 7.11 Å². The Balaban J connectivity index is 2.26. The molecule has 2 N–H and O–H groups in total. The van der Waals surface area contributed by atoms with Crippen molar-refractivity contribution >= 4 is 0 Å². The number of aryl methyl sites for hydroxylation is 1. The Bertz CT molecular complexity index is 359. The number of nitrogens with two attached hydrogens (primary N) is 1. The van der Waals surface area contributed by atoms with E-state index in [0.29, 0.717) is 5.92 Å². The summed E-state index contributed by atoms with van der Waals surface area (Å²) in [7, 11) is 1.69. The fourth-order valence-electron chi connectivity index (χ4n) is 2.20. The third-order valence-electron chi connectivity index (χ3n) is 3.22. The first-order chi connectivity index (χ1) is 7.72. The van der Waals surface area contributed by atoms with Gasteiger partial charge in [0.05, 0.1) is 13.7 Å². The molecule has 0 amide bonds. The summed E-state index contributed by atoms with van der Waals surface area (Å²) in [5.41, 5.74) is 8.59. The van der Waals surface area contributed by atoms with Gasteiger partial charge in [-0.3, -0.25) is 0 Å². The minimum Gasteiger partial charge on any atom is -0.496 e. The summed E-state index contributed by atoms with van der Waals surface area (Å²) in [6.45, 7) is 3.66. The Kier molecular flexibility index (Phi) is 3.46. The zero-order valence-corrected chi connectivity index (χ0v) is 9.90. The van der Waals surface area contributed by atoms with Gasteiger partial charge >= 0.3 is 0 Å². The molecule has 0 saturated carbocycles. The average Bonchev–Trinajstić information content (AvgIpc) is 2.81. The molecule has 1 heterocycles. The van der Waals surface area contributed by atoms with Crippen molar-refractivity contribution in [3.63, 3.8) is 0 Å². The molecule has 0 aromatic heterocycles. The van der Waals surface area contributed by atoms with E-state index in [4.69, 9.17) is 15.2 Å². The topological polar surface area (TPSA) is 44.5 Å². The minimum absolute atomic E-state index is 0.0114. The first-order valence-corrected chi connectivity index (χ1v) is 5.70. The van der Waals surface area contributed by atoms with Gasteiger partial charge in [-0.2, -0.15) is 0 Å². The van der Waals surface area contributed by atoms with Crippen molar-refractivity contribution in [1.82, 2.24) is 0 Å². The van der Waals surface area contributed by atoms with Crippen LogP contribution in [-0.4, -0.2) is 20.3 Å². The quantitative estimate of drug-likeness (QED) is 0.849. The van der Waals surface area contributed by atoms with Crippen LogP contribution in [0, 0.1) is 12.8 Å². The van der Waals surface area contributed by atoms with Gasteiger partial charge in [0.2, 0.25) is 0 Å². The molecule has 1 aromatic carbocycles. The number of methoxy groups -OCH3 is 1. The summed E-state index contributed by atoms with van der Waals surface area (Å²) < 4.78 is 10.7. The fourth-order valence-corrected chi connectivity index (χ4v) is 2.20. The highest BCUT2D eigenvalue weighted by atomic mass is 16.5. The molecular formula is C13H19NO2. The minimum atomic E-state index is 0.0114. The zero-order valence-electron chi connectivity index (χ0n) is 9.90. The van der Waals surface area contributed by atoms with Crippen molar-refractivity contribution in [2.75, 3.05) is 20.3 Å². The van der Waals surface area contributed by atoms with E-state index in [2.05, 4.69) is 13.0 Å². The Morgan fingerprint density at radius 3 is 2.94 bits per heavy atom. The fraction of sp³-hybridized carbons (Fsp3) is 0.538. The van der Waals surface area contributed by atoms with Crippen LogP contribution in [0.15, 0.2) is 18.2 Å². The van der Waals surface area contributed by atoms with E-state index in [1.165, 1.54) is 5.56 Å². The van der Waals surface area contributed by atoms with Crippen LogP contribution in [-0.2, 0) is 4.74 Å². The zero-order chi connectivity index (χ0) is 11.5. The highest BCUT2D eigenvalue weighted by molar-refractivity contribution is 5.39. The largest absolute Gasteiger partial charge is 0.496 e. The normalized spacial score (nSPS) is 22.1. The third kappa shape index (κ3) is 2.20. The van der Waals surface area contributed by atoms with Gasteiger partial charge in [-0.15, -0.1) is 0 Å². The summed E-state index contributed by atoms with van der Waals surface area (Å²) in [6.07, 6.45) is 1.04. The summed E-state index contributed by atoms with van der Waals surface area (Å²) in [5.74, 6) is 1.29. The molecule has 3 heteroatoms. The third-order valence-corrected chi connectivity index (χ3v) is 3.22. The molecule has 2 rings (SSSR count). The predicted octanol–water partition coefficient (Wildman–Crippen LogP) is 2.04. The number of hydrogen-bond donors (Lipinski definition) is 1. The van der Waals surface area contributed by atoms with E-state index in [1.807, 2.05) is 12.1 Å². The first kappa shape index (κ1) is 11.4. The van der Waals surface area contributed by atoms with Crippen LogP contribution >= 0.6 is 0 Å². The number of hydrogen-bond acceptors (Lipinski definition) is 3. The molecule has 3 nitrogen and oxygen atoms in total. The molecule has 1 aromatic rings. The van der Waals surface area contributed by atoms with Crippen molar-refractivity contribution in [3.8, 4) is 5.75 Å². The molecule has 88 valence electrons. The summed E-state index contributed by atoms with van der Waals surface area (Å²) >= 11 is 0. The van der Waals surface area contributed by atoms with E-state index < -0.39 is 0 Å². The van der Waals surface area contributed by atoms with Gasteiger partial charge in [-0.1, -0.05) is 17.7 Å². The van der Waals surface area contributed by atoms with E-state index in [9.17, 15) is 0 Å². The SMILES string of the molecule is COc1ccc(C)cc1C(N)C1CCOC1. The second kappa shape index (κ2) is 4.85. The highest BCUT2D eigenvalue weighted by Gasteiger charge is 2.26. The number of benzene rings is 1. The van der Waals surface area contributed by atoms with Gasteiger partial charge in [-0.25, -0.2) is 0 Å². The van der Waals surface area contributed by atoms with Crippen molar-refractivity contribution in [2.24, 2.45) is 11.7 Å². The molecular weight excluding hydrogens is 202 g/mol. The van der Waals surface area contributed by atoms with Crippen molar-refractivity contribution in [2.45, 2.75) is 19.4 Å². The van der Waals surface area contributed by atoms with Crippen LogP contribution in [0.25, 0.3) is 0 Å². The molecule has 1 aliphatic rings. The van der Waals surface area contributed by atoms with Crippen LogP contribution in [0.4, 0.5) is 0 Å². The van der Waals surface area contributed by atoms with Gasteiger partial charge in [0.25, 0.3) is 0 Å². The monoisotopic (exact) mass is 221 g/mol. The lowest BCUT2D eigenvalue weighted by atomic mass is 9.92. The Morgan fingerprint density at radius 1 is 1.50 bits per heavy atom. The summed E-state index contributed by atoms with van der Waals surface area (Å²) in [4.78, 5) is 0. The maximum Gasteiger partial charge on any atom is 0.123 e. The molecule has 1 aliphatic heterocycles. The lowest BCUT2D eigenvalue weighted by molar-refractivity contribution is 0.180. The van der Waals surface area contributed by atoms with Crippen LogP contribution in [0.3, 0.4) is 0 Å². The molecule has 0 aliphatic carbocycles. The highest BCUT2D eigenvalue weighted by Crippen LogP contribution is 2.32. The van der Waals surface area contributed by atoms with Crippen LogP contribution in [0.5, 0.6) is 5.75 Å².